The van der Waals surface area contributed by atoms with Gasteiger partial charge in [0.2, 0.25) is 0 Å². The molecule has 0 saturated heterocycles. The van der Waals surface area contributed by atoms with Crippen molar-refractivity contribution in [2.75, 3.05) is 6.54 Å². The first-order chi connectivity index (χ1) is 7.11. The first kappa shape index (κ1) is 12.2. The summed E-state index contributed by atoms with van der Waals surface area (Å²) in [6.45, 7) is 9.63. The van der Waals surface area contributed by atoms with Crippen molar-refractivity contribution in [3.8, 4) is 0 Å². The average Bonchev–Trinajstić information content (AvgIpc) is 2.60. The van der Waals surface area contributed by atoms with Crippen LogP contribution in [0.5, 0.6) is 0 Å². The van der Waals surface area contributed by atoms with E-state index in [9.17, 15) is 0 Å². The highest BCUT2D eigenvalue weighted by molar-refractivity contribution is 4.86. The Hall–Kier alpha value is -0.900. The van der Waals surface area contributed by atoms with Gasteiger partial charge in [0.25, 0.3) is 0 Å². The number of hydrogen-bond donors (Lipinski definition) is 1. The van der Waals surface area contributed by atoms with Gasteiger partial charge in [0, 0.05) is 18.5 Å². The van der Waals surface area contributed by atoms with E-state index < -0.39 is 0 Å². The Labute approximate surface area is 92.1 Å². The van der Waals surface area contributed by atoms with E-state index in [4.69, 9.17) is 0 Å². The molecule has 1 aromatic rings. The average molecular weight is 210 g/mol. The predicted octanol–water partition coefficient (Wildman–Crippen LogP) is 1.79. The van der Waals surface area contributed by atoms with Crippen LogP contribution in [-0.4, -0.2) is 27.4 Å². The molecule has 1 rings (SSSR count). The summed E-state index contributed by atoms with van der Waals surface area (Å²) in [6, 6.07) is 0.966. The maximum absolute atomic E-state index is 4.28. The van der Waals surface area contributed by atoms with Crippen molar-refractivity contribution in [1.82, 2.24) is 20.1 Å². The molecule has 1 aromatic heterocycles. The molecule has 1 N–H and O–H groups in total. The quantitative estimate of drug-likeness (QED) is 0.728. The summed E-state index contributed by atoms with van der Waals surface area (Å²) in [5, 5.41) is 7.61. The summed E-state index contributed by atoms with van der Waals surface area (Å²) in [4.78, 5) is 4.28. The van der Waals surface area contributed by atoms with Gasteiger partial charge in [0.05, 0.1) is 0 Å². The maximum atomic E-state index is 4.28. The molecule has 0 spiro atoms. The summed E-state index contributed by atoms with van der Waals surface area (Å²) in [5.41, 5.74) is 0. The zero-order chi connectivity index (χ0) is 11.3. The van der Waals surface area contributed by atoms with Crippen LogP contribution in [0.3, 0.4) is 0 Å². The van der Waals surface area contributed by atoms with Crippen LogP contribution in [0.25, 0.3) is 0 Å². The highest BCUT2D eigenvalue weighted by Gasteiger charge is 2.06. The normalized spacial score (nSPS) is 11.6. The minimum atomic E-state index is 0.403. The molecule has 0 amide bonds. The van der Waals surface area contributed by atoms with E-state index in [2.05, 4.69) is 43.1 Å². The first-order valence-corrected chi connectivity index (χ1v) is 5.73. The second-order valence-electron chi connectivity index (χ2n) is 4.43. The third-order valence-electron chi connectivity index (χ3n) is 2.27. The molecule has 4 heteroatoms. The van der Waals surface area contributed by atoms with E-state index in [0.29, 0.717) is 12.1 Å². The Morgan fingerprint density at radius 3 is 2.67 bits per heavy atom. The predicted molar refractivity (Wildman–Crippen MR) is 61.9 cm³/mol. The Balaban J connectivity index is 2.34. The molecule has 0 aliphatic rings. The SMILES string of the molecule is CC(C)NCCCc1ncnn1C(C)C. The Kier molecular flexibility index (Phi) is 4.75. The lowest BCUT2D eigenvalue weighted by Gasteiger charge is -2.10. The fourth-order valence-corrected chi connectivity index (χ4v) is 1.52. The number of aromatic nitrogens is 3. The highest BCUT2D eigenvalue weighted by Crippen LogP contribution is 2.06. The monoisotopic (exact) mass is 210 g/mol. The minimum Gasteiger partial charge on any atom is -0.315 e. The number of rotatable bonds is 6. The summed E-state index contributed by atoms with van der Waals surface area (Å²) < 4.78 is 2.00. The molecule has 0 atom stereocenters. The van der Waals surface area contributed by atoms with Crippen LogP contribution in [0.2, 0.25) is 0 Å². The number of aryl methyl sites for hydroxylation is 1. The van der Waals surface area contributed by atoms with Gasteiger partial charge in [-0.3, -0.25) is 0 Å². The van der Waals surface area contributed by atoms with E-state index >= 15 is 0 Å². The summed E-state index contributed by atoms with van der Waals surface area (Å²) >= 11 is 0. The van der Waals surface area contributed by atoms with Gasteiger partial charge in [-0.25, -0.2) is 9.67 Å². The lowest BCUT2D eigenvalue weighted by molar-refractivity contribution is 0.493. The third-order valence-corrected chi connectivity index (χ3v) is 2.27. The second-order valence-corrected chi connectivity index (χ2v) is 4.43. The van der Waals surface area contributed by atoms with Crippen molar-refractivity contribution in [1.29, 1.82) is 0 Å². The lowest BCUT2D eigenvalue weighted by Crippen LogP contribution is -2.24. The van der Waals surface area contributed by atoms with Crippen LogP contribution >= 0.6 is 0 Å². The van der Waals surface area contributed by atoms with Crippen molar-refractivity contribution >= 4 is 0 Å². The van der Waals surface area contributed by atoms with E-state index in [1.807, 2.05) is 4.68 Å². The van der Waals surface area contributed by atoms with Crippen LogP contribution in [0, 0.1) is 0 Å². The van der Waals surface area contributed by atoms with Crippen molar-refractivity contribution in [2.24, 2.45) is 0 Å². The topological polar surface area (TPSA) is 42.7 Å². The van der Waals surface area contributed by atoms with E-state index in [-0.39, 0.29) is 0 Å². The van der Waals surface area contributed by atoms with Gasteiger partial charge in [-0.15, -0.1) is 0 Å². The highest BCUT2D eigenvalue weighted by atomic mass is 15.3. The standard InChI is InChI=1S/C11H22N4/c1-9(2)12-7-5-6-11-13-8-14-15(11)10(3)4/h8-10,12H,5-7H2,1-4H3. The maximum Gasteiger partial charge on any atom is 0.138 e. The molecule has 0 aromatic carbocycles. The zero-order valence-corrected chi connectivity index (χ0v) is 10.2. The molecular formula is C11H22N4. The van der Waals surface area contributed by atoms with Crippen molar-refractivity contribution < 1.29 is 0 Å². The van der Waals surface area contributed by atoms with Gasteiger partial charge in [0.15, 0.2) is 0 Å². The molecule has 1 heterocycles. The summed E-state index contributed by atoms with van der Waals surface area (Å²) in [7, 11) is 0. The van der Waals surface area contributed by atoms with E-state index in [1.165, 1.54) is 0 Å². The molecule has 0 fully saturated rings. The fourth-order valence-electron chi connectivity index (χ4n) is 1.52. The molecule has 0 radical (unpaired) electrons. The largest absolute Gasteiger partial charge is 0.315 e. The molecular weight excluding hydrogens is 188 g/mol. The number of hydrogen-bond acceptors (Lipinski definition) is 3. The Bertz CT molecular complexity index is 278. The third kappa shape index (κ3) is 4.00. The van der Waals surface area contributed by atoms with Crippen molar-refractivity contribution in [3.63, 3.8) is 0 Å². The van der Waals surface area contributed by atoms with Crippen LogP contribution < -0.4 is 5.32 Å². The molecule has 15 heavy (non-hydrogen) atoms. The van der Waals surface area contributed by atoms with Crippen LogP contribution in [0.15, 0.2) is 6.33 Å². The zero-order valence-electron chi connectivity index (χ0n) is 10.2. The van der Waals surface area contributed by atoms with Gasteiger partial charge in [-0.05, 0) is 26.8 Å². The van der Waals surface area contributed by atoms with Gasteiger partial charge in [-0.2, -0.15) is 5.10 Å². The first-order valence-electron chi connectivity index (χ1n) is 5.73. The van der Waals surface area contributed by atoms with Crippen LogP contribution in [0.1, 0.15) is 46.0 Å². The molecule has 0 aliphatic carbocycles. The van der Waals surface area contributed by atoms with Crippen LogP contribution in [-0.2, 0) is 6.42 Å². The fraction of sp³-hybridized carbons (Fsp3) is 0.818. The number of nitrogens with one attached hydrogen (secondary N) is 1. The van der Waals surface area contributed by atoms with Gasteiger partial charge in [-0.1, -0.05) is 13.8 Å². The number of nitrogens with zero attached hydrogens (tertiary/aromatic N) is 3. The summed E-state index contributed by atoms with van der Waals surface area (Å²) in [5.74, 6) is 1.09. The molecule has 0 aliphatic heterocycles. The molecule has 0 bridgehead atoms. The second kappa shape index (κ2) is 5.85. The van der Waals surface area contributed by atoms with E-state index in [1.54, 1.807) is 6.33 Å². The van der Waals surface area contributed by atoms with Crippen LogP contribution in [0.4, 0.5) is 0 Å². The van der Waals surface area contributed by atoms with Crippen molar-refractivity contribution in [2.45, 2.75) is 52.6 Å². The molecule has 86 valence electrons. The van der Waals surface area contributed by atoms with Gasteiger partial charge < -0.3 is 5.32 Å². The van der Waals surface area contributed by atoms with E-state index in [0.717, 1.165) is 25.2 Å². The Morgan fingerprint density at radius 2 is 2.07 bits per heavy atom. The molecule has 0 unspecified atom stereocenters. The Morgan fingerprint density at radius 1 is 1.33 bits per heavy atom. The van der Waals surface area contributed by atoms with Crippen molar-refractivity contribution in [3.05, 3.63) is 12.2 Å². The smallest absolute Gasteiger partial charge is 0.138 e. The summed E-state index contributed by atoms with van der Waals surface area (Å²) in [6.07, 6.45) is 3.76. The minimum absolute atomic E-state index is 0.403. The molecule has 4 nitrogen and oxygen atoms in total. The van der Waals surface area contributed by atoms with Gasteiger partial charge >= 0.3 is 0 Å². The molecule has 0 saturated carbocycles. The van der Waals surface area contributed by atoms with Gasteiger partial charge in [0.1, 0.15) is 12.2 Å². The lowest BCUT2D eigenvalue weighted by atomic mass is 10.2.